The smallest absolute Gasteiger partial charge is 0.105 e. The number of hydrogen-bond donors (Lipinski definition) is 0. The van der Waals surface area contributed by atoms with Crippen LogP contribution in [0.15, 0.2) is 6.20 Å². The molecule has 0 aliphatic heterocycles. The van der Waals surface area contributed by atoms with E-state index < -0.39 is 0 Å². The SMILES string of the molecule is C#CCc1cnc(CC#C)s1. The zero-order chi connectivity index (χ0) is 8.10. The Balaban J connectivity index is 2.69. The first-order chi connectivity index (χ1) is 5.36. The molecule has 0 spiro atoms. The Bertz CT molecular complexity index is 281. The predicted octanol–water partition coefficient (Wildman–Crippen LogP) is 1.49. The van der Waals surface area contributed by atoms with Gasteiger partial charge in [0.2, 0.25) is 0 Å². The van der Waals surface area contributed by atoms with Gasteiger partial charge in [0.15, 0.2) is 0 Å². The fraction of sp³-hybridized carbons (Fsp3) is 0.222. The van der Waals surface area contributed by atoms with E-state index in [4.69, 9.17) is 12.8 Å². The maximum atomic E-state index is 5.13. The largest absolute Gasteiger partial charge is 0.248 e. The van der Waals surface area contributed by atoms with Crippen molar-refractivity contribution in [1.29, 1.82) is 0 Å². The minimum atomic E-state index is 0.606. The quantitative estimate of drug-likeness (QED) is 0.599. The van der Waals surface area contributed by atoms with Gasteiger partial charge >= 0.3 is 0 Å². The lowest BCUT2D eigenvalue weighted by Gasteiger charge is -1.81. The van der Waals surface area contributed by atoms with E-state index in [9.17, 15) is 0 Å². The van der Waals surface area contributed by atoms with Crippen LogP contribution in [-0.4, -0.2) is 4.98 Å². The molecular weight excluding hydrogens is 154 g/mol. The summed E-state index contributed by atoms with van der Waals surface area (Å²) in [5.41, 5.74) is 0. The van der Waals surface area contributed by atoms with Crippen molar-refractivity contribution in [2.24, 2.45) is 0 Å². The van der Waals surface area contributed by atoms with Gasteiger partial charge in [-0.3, -0.25) is 0 Å². The molecule has 11 heavy (non-hydrogen) atoms. The van der Waals surface area contributed by atoms with Crippen LogP contribution in [0.2, 0.25) is 0 Å². The Morgan fingerprint density at radius 1 is 1.36 bits per heavy atom. The first kappa shape index (κ1) is 7.85. The molecule has 0 bridgehead atoms. The molecular formula is C9H7NS. The van der Waals surface area contributed by atoms with Gasteiger partial charge in [0.25, 0.3) is 0 Å². The maximum Gasteiger partial charge on any atom is 0.105 e. The van der Waals surface area contributed by atoms with Gasteiger partial charge in [-0.2, -0.15) is 0 Å². The second-order valence-electron chi connectivity index (χ2n) is 1.98. The van der Waals surface area contributed by atoms with Crippen molar-refractivity contribution in [1.82, 2.24) is 4.98 Å². The summed E-state index contributed by atoms with van der Waals surface area (Å²) in [7, 11) is 0. The van der Waals surface area contributed by atoms with Crippen LogP contribution in [0.4, 0.5) is 0 Å². The van der Waals surface area contributed by atoms with E-state index in [1.54, 1.807) is 17.5 Å². The number of terminal acetylenes is 2. The minimum absolute atomic E-state index is 0.606. The molecule has 0 unspecified atom stereocenters. The van der Waals surface area contributed by atoms with Gasteiger partial charge in [0, 0.05) is 17.5 Å². The van der Waals surface area contributed by atoms with Crippen LogP contribution in [0.25, 0.3) is 0 Å². The molecule has 2 heteroatoms. The Kier molecular flexibility index (Phi) is 2.72. The van der Waals surface area contributed by atoms with E-state index in [1.807, 2.05) is 0 Å². The van der Waals surface area contributed by atoms with Gasteiger partial charge in [-0.15, -0.1) is 30.1 Å². The van der Waals surface area contributed by atoms with Crippen LogP contribution < -0.4 is 0 Å². The van der Waals surface area contributed by atoms with Gasteiger partial charge in [0.05, 0.1) is 6.42 Å². The molecule has 1 aromatic rings. The van der Waals surface area contributed by atoms with Gasteiger partial charge in [0.1, 0.15) is 5.01 Å². The minimum Gasteiger partial charge on any atom is -0.248 e. The third-order valence-corrected chi connectivity index (χ3v) is 2.13. The van der Waals surface area contributed by atoms with E-state index in [0.717, 1.165) is 9.88 Å². The summed E-state index contributed by atoms with van der Waals surface area (Å²) in [6, 6.07) is 0. The molecule has 1 rings (SSSR count). The van der Waals surface area contributed by atoms with Crippen molar-refractivity contribution < 1.29 is 0 Å². The molecule has 1 heterocycles. The summed E-state index contributed by atoms with van der Waals surface area (Å²) in [4.78, 5) is 5.21. The molecule has 0 saturated heterocycles. The average molecular weight is 161 g/mol. The Labute approximate surface area is 70.5 Å². The molecule has 0 aliphatic rings. The highest BCUT2D eigenvalue weighted by molar-refractivity contribution is 7.11. The van der Waals surface area contributed by atoms with Gasteiger partial charge in [-0.25, -0.2) is 4.98 Å². The van der Waals surface area contributed by atoms with Crippen molar-refractivity contribution in [2.75, 3.05) is 0 Å². The predicted molar refractivity (Wildman–Crippen MR) is 47.2 cm³/mol. The number of hydrogen-bond acceptors (Lipinski definition) is 2. The molecule has 0 N–H and O–H groups in total. The van der Waals surface area contributed by atoms with Crippen molar-refractivity contribution >= 4 is 11.3 Å². The summed E-state index contributed by atoms with van der Waals surface area (Å²) in [5.74, 6) is 5.09. The number of aromatic nitrogens is 1. The third-order valence-electron chi connectivity index (χ3n) is 1.13. The van der Waals surface area contributed by atoms with Crippen molar-refractivity contribution in [3.05, 3.63) is 16.1 Å². The van der Waals surface area contributed by atoms with Gasteiger partial charge in [-0.1, -0.05) is 5.92 Å². The summed E-state index contributed by atoms with van der Waals surface area (Å²) in [6.07, 6.45) is 13.3. The van der Waals surface area contributed by atoms with E-state index in [-0.39, 0.29) is 0 Å². The first-order valence-electron chi connectivity index (χ1n) is 3.17. The monoisotopic (exact) mass is 161 g/mol. The zero-order valence-corrected chi connectivity index (χ0v) is 6.82. The number of thiazole rings is 1. The lowest BCUT2D eigenvalue weighted by Crippen LogP contribution is -1.74. The molecule has 54 valence electrons. The lowest BCUT2D eigenvalue weighted by molar-refractivity contribution is 1.20. The van der Waals surface area contributed by atoms with E-state index in [1.165, 1.54) is 0 Å². The van der Waals surface area contributed by atoms with Crippen molar-refractivity contribution in [3.8, 4) is 24.7 Å². The number of nitrogens with zero attached hydrogens (tertiary/aromatic N) is 1. The lowest BCUT2D eigenvalue weighted by atomic mass is 10.4. The maximum absolute atomic E-state index is 5.13. The molecule has 0 aliphatic carbocycles. The molecule has 0 saturated carbocycles. The van der Waals surface area contributed by atoms with Crippen LogP contribution >= 0.6 is 11.3 Å². The molecule has 1 nitrogen and oxygen atoms in total. The van der Waals surface area contributed by atoms with Crippen LogP contribution in [0.1, 0.15) is 9.88 Å². The number of rotatable bonds is 2. The van der Waals surface area contributed by atoms with Crippen molar-refractivity contribution in [3.63, 3.8) is 0 Å². The molecule has 0 aromatic carbocycles. The standard InChI is InChI=1S/C9H7NS/c1-3-5-8-7-10-9(11-8)6-4-2/h1-2,7H,5-6H2. The fourth-order valence-corrected chi connectivity index (χ4v) is 1.52. The Morgan fingerprint density at radius 2 is 2.09 bits per heavy atom. The van der Waals surface area contributed by atoms with E-state index in [2.05, 4.69) is 16.8 Å². The first-order valence-corrected chi connectivity index (χ1v) is 3.99. The summed E-state index contributed by atoms with van der Waals surface area (Å²) < 4.78 is 0. The average Bonchev–Trinajstić information content (AvgIpc) is 2.38. The summed E-state index contributed by atoms with van der Waals surface area (Å²) in [5, 5.41) is 0.970. The molecule has 0 fully saturated rings. The topological polar surface area (TPSA) is 12.9 Å². The molecule has 0 atom stereocenters. The fourth-order valence-electron chi connectivity index (χ4n) is 0.699. The van der Waals surface area contributed by atoms with E-state index >= 15 is 0 Å². The van der Waals surface area contributed by atoms with Crippen molar-refractivity contribution in [2.45, 2.75) is 12.8 Å². The Morgan fingerprint density at radius 3 is 2.73 bits per heavy atom. The van der Waals surface area contributed by atoms with Crippen LogP contribution in [-0.2, 0) is 12.8 Å². The normalized spacial score (nSPS) is 8.55. The summed E-state index contributed by atoms with van der Waals surface area (Å²) in [6.45, 7) is 0. The molecule has 0 amide bonds. The van der Waals surface area contributed by atoms with Crippen LogP contribution in [0, 0.1) is 24.7 Å². The Hall–Kier alpha value is -1.25. The second-order valence-corrected chi connectivity index (χ2v) is 3.18. The zero-order valence-electron chi connectivity index (χ0n) is 6.00. The summed E-state index contributed by atoms with van der Waals surface area (Å²) >= 11 is 1.59. The highest BCUT2D eigenvalue weighted by Crippen LogP contribution is 2.12. The van der Waals surface area contributed by atoms with Gasteiger partial charge < -0.3 is 0 Å². The third kappa shape index (κ3) is 2.11. The molecule has 1 aromatic heterocycles. The van der Waals surface area contributed by atoms with Crippen LogP contribution in [0.5, 0.6) is 0 Å². The highest BCUT2D eigenvalue weighted by atomic mass is 32.1. The second kappa shape index (κ2) is 3.81. The van der Waals surface area contributed by atoms with E-state index in [0.29, 0.717) is 12.8 Å². The van der Waals surface area contributed by atoms with Crippen LogP contribution in [0.3, 0.4) is 0 Å². The highest BCUT2D eigenvalue weighted by Gasteiger charge is 1.97. The molecule has 0 radical (unpaired) electrons. The van der Waals surface area contributed by atoms with Gasteiger partial charge in [-0.05, 0) is 0 Å².